The first-order chi connectivity index (χ1) is 61.5. The van der Waals surface area contributed by atoms with Crippen molar-refractivity contribution in [3.63, 3.8) is 0 Å². The summed E-state index contributed by atoms with van der Waals surface area (Å²) in [6.07, 6.45) is 13.3. The third-order valence-electron chi connectivity index (χ3n) is 28.7. The molecule has 0 unspecified atom stereocenters. The number of nitrogens with one attached hydrogen (secondary N) is 12. The lowest BCUT2D eigenvalue weighted by Gasteiger charge is -2.59. The van der Waals surface area contributed by atoms with Gasteiger partial charge in [-0.2, -0.15) is 0 Å². The van der Waals surface area contributed by atoms with Crippen LogP contribution in [-0.4, -0.2) is 229 Å². The van der Waals surface area contributed by atoms with Gasteiger partial charge in [0, 0.05) is 31.3 Å². The van der Waals surface area contributed by atoms with Crippen molar-refractivity contribution < 1.29 is 67.1 Å². The van der Waals surface area contributed by atoms with Crippen LogP contribution >= 0.6 is 0 Å². The van der Waals surface area contributed by atoms with Gasteiger partial charge in [-0.05, 0) is 296 Å². The summed E-state index contributed by atoms with van der Waals surface area (Å²) in [5.74, 6) is -8.59. The van der Waals surface area contributed by atoms with Crippen molar-refractivity contribution >= 4 is 82.7 Å². The second-order valence-corrected chi connectivity index (χ2v) is 39.7. The molecule has 13 rings (SSSR count). The Bertz CT molecular complexity index is 4070. The topological polar surface area (TPSA) is 546 Å². The standard InChI is InChI=1S/C94H148N20O14/c1-55(2)39-71-85(121)101-65(23-11-31-95)80(116)108-72(46-57-19-7-5-8-20-57)91(127)114-38-18-30-76(114)88(124)104-70(28-16-36-100)84(120)112-78(94-51-62-43-63(52-94)45-64(44-62)53-94)90(126)106-68(26-14-34-98)82(118)110-74(54-93-48-59-40-60(49-93)42-61(41-59)50-93)86(122)102-66(24-12-32-96)81(117)109-73(47-58-21-9-6-10-22-58)92(128)113-37-17-29-75(113)87(123)103-69(27-15-35-99)83(119)111-77(56(3)4)89(125)105-67(25-13-33-97)79(115)107-71/h5-10,19-22,55-56,59-78H,11-18,23-54,95-100H2,1-4H3,(H,101,121)(H,102,122)(H,103,123)(H,104,124)(H,105,125)(H,106,126)(H,107,115)(H,108,116)(H,109,117)(H,110,118)(H,111,119)(H,112,120)/t59?,60?,61?,62?,63?,64?,65-,66-,67-,68-,69-,70-,71-,72+,73+,74-,75-,76-,77-,78+,93?,94?/m0/s1. The largest absolute Gasteiger partial charge is 0.343 e. The van der Waals surface area contributed by atoms with Gasteiger partial charge in [-0.1, -0.05) is 88.4 Å². The maximum absolute atomic E-state index is 16.0. The lowest BCUT2D eigenvalue weighted by Crippen LogP contribution is -2.66. The van der Waals surface area contributed by atoms with Crippen molar-refractivity contribution in [2.45, 2.75) is 318 Å². The Kier molecular flexibility index (Phi) is 36.5. The van der Waals surface area contributed by atoms with Crippen molar-refractivity contribution in [3.05, 3.63) is 71.8 Å². The number of nitrogens with zero attached hydrogens (tertiary/aromatic N) is 2. The molecule has 3 saturated heterocycles. The van der Waals surface area contributed by atoms with Crippen LogP contribution in [0.1, 0.15) is 231 Å². The van der Waals surface area contributed by atoms with Crippen molar-refractivity contribution in [1.82, 2.24) is 73.6 Å². The lowest BCUT2D eigenvalue weighted by atomic mass is 9.47. The molecule has 11 fully saturated rings. The Balaban J connectivity index is 0.952. The Morgan fingerprint density at radius 3 is 0.969 bits per heavy atom. The number of benzene rings is 2. The highest BCUT2D eigenvalue weighted by molar-refractivity contribution is 6.01. The molecule has 0 aromatic heterocycles. The fourth-order valence-corrected chi connectivity index (χ4v) is 23.3. The maximum atomic E-state index is 16.0. The molecule has 8 saturated carbocycles. The minimum absolute atomic E-state index is 0.00302. The van der Waals surface area contributed by atoms with Gasteiger partial charge in [0.25, 0.3) is 0 Å². The van der Waals surface area contributed by atoms with E-state index in [1.165, 1.54) is 9.80 Å². The number of hydrogen-bond acceptors (Lipinski definition) is 20. The highest BCUT2D eigenvalue weighted by Gasteiger charge is 2.58. The number of amides is 14. The molecule has 0 spiro atoms. The number of nitrogens with two attached hydrogens (primary N) is 6. The molecule has 708 valence electrons. The van der Waals surface area contributed by atoms with Crippen molar-refractivity contribution in [3.8, 4) is 0 Å². The second-order valence-electron chi connectivity index (χ2n) is 39.7. The van der Waals surface area contributed by atoms with Gasteiger partial charge < -0.3 is 108 Å². The van der Waals surface area contributed by atoms with Crippen LogP contribution in [0.2, 0.25) is 0 Å². The third kappa shape index (κ3) is 26.3. The van der Waals surface area contributed by atoms with Gasteiger partial charge >= 0.3 is 0 Å². The average molecular weight is 1780 g/mol. The number of carbonyl (C=O) groups excluding carboxylic acids is 14. The van der Waals surface area contributed by atoms with Gasteiger partial charge in [-0.15, -0.1) is 0 Å². The summed E-state index contributed by atoms with van der Waals surface area (Å²) >= 11 is 0. The molecule has 128 heavy (non-hydrogen) atoms. The monoisotopic (exact) mass is 1780 g/mol. The molecule has 14 amide bonds. The molecule has 34 heteroatoms. The zero-order valence-electron chi connectivity index (χ0n) is 75.8. The summed E-state index contributed by atoms with van der Waals surface area (Å²) in [7, 11) is 0. The molecular weight excluding hydrogens is 1630 g/mol. The summed E-state index contributed by atoms with van der Waals surface area (Å²) in [5.41, 5.74) is 37.0. The highest BCUT2D eigenvalue weighted by Crippen LogP contribution is 2.63. The van der Waals surface area contributed by atoms with Gasteiger partial charge in [0.05, 0.1) is 0 Å². The third-order valence-corrected chi connectivity index (χ3v) is 28.7. The number of fused-ring (bicyclic) bond motifs is 2. The minimum Gasteiger partial charge on any atom is -0.343 e. The van der Waals surface area contributed by atoms with E-state index < -0.39 is 179 Å². The molecular formula is C94H148N20O14. The van der Waals surface area contributed by atoms with Crippen LogP contribution in [0.4, 0.5) is 0 Å². The van der Waals surface area contributed by atoms with E-state index in [1.54, 1.807) is 74.5 Å². The fourth-order valence-electron chi connectivity index (χ4n) is 23.3. The Morgan fingerprint density at radius 1 is 0.328 bits per heavy atom. The normalized spacial score (nSPS) is 33.1. The Labute approximate surface area is 754 Å². The van der Waals surface area contributed by atoms with Crippen molar-refractivity contribution in [1.29, 1.82) is 0 Å². The lowest BCUT2D eigenvalue weighted by molar-refractivity contribution is -0.145. The summed E-state index contributed by atoms with van der Waals surface area (Å²) in [6.45, 7) is 7.87. The van der Waals surface area contributed by atoms with Crippen LogP contribution in [0.25, 0.3) is 0 Å². The molecule has 3 aliphatic heterocycles. The van der Waals surface area contributed by atoms with E-state index in [4.69, 9.17) is 34.4 Å². The average Bonchev–Trinajstić information content (AvgIpc) is 1.11. The van der Waals surface area contributed by atoms with E-state index in [1.807, 2.05) is 13.8 Å². The van der Waals surface area contributed by atoms with Gasteiger partial charge in [0.1, 0.15) is 84.6 Å². The summed E-state index contributed by atoms with van der Waals surface area (Å²) in [6, 6.07) is -0.0856. The van der Waals surface area contributed by atoms with Gasteiger partial charge in [0.2, 0.25) is 82.7 Å². The van der Waals surface area contributed by atoms with Crippen molar-refractivity contribution in [2.75, 3.05) is 52.4 Å². The molecule has 8 aliphatic carbocycles. The van der Waals surface area contributed by atoms with E-state index in [0.717, 1.165) is 57.8 Å². The quantitative estimate of drug-likeness (QED) is 0.0570. The first kappa shape index (κ1) is 99.4. The molecule has 14 atom stereocenters. The first-order valence-corrected chi connectivity index (χ1v) is 48.0. The Morgan fingerprint density at radius 2 is 0.617 bits per heavy atom. The molecule has 24 N–H and O–H groups in total. The number of hydrogen-bond donors (Lipinski definition) is 18. The van der Waals surface area contributed by atoms with Crippen molar-refractivity contribution in [2.24, 2.45) is 92.6 Å². The summed E-state index contributed by atoms with van der Waals surface area (Å²) < 4.78 is 0. The molecule has 34 nitrogen and oxygen atoms in total. The van der Waals surface area contributed by atoms with Crippen LogP contribution in [0.15, 0.2) is 60.7 Å². The van der Waals surface area contributed by atoms with E-state index >= 15 is 47.9 Å². The number of carbonyl (C=O) groups is 14. The van der Waals surface area contributed by atoms with E-state index in [0.29, 0.717) is 61.0 Å². The van der Waals surface area contributed by atoms with Crippen LogP contribution in [-0.2, 0) is 80.0 Å². The zero-order valence-corrected chi connectivity index (χ0v) is 75.8. The maximum Gasteiger partial charge on any atom is 0.246 e. The summed E-state index contributed by atoms with van der Waals surface area (Å²) in [4.78, 5) is 217. The molecule has 2 aromatic rings. The smallest absolute Gasteiger partial charge is 0.246 e. The molecule has 11 aliphatic rings. The first-order valence-electron chi connectivity index (χ1n) is 48.0. The predicted molar refractivity (Wildman–Crippen MR) is 483 cm³/mol. The van der Waals surface area contributed by atoms with Crippen LogP contribution in [0, 0.1) is 58.2 Å². The van der Waals surface area contributed by atoms with Crippen LogP contribution in [0.3, 0.4) is 0 Å². The predicted octanol–water partition coefficient (Wildman–Crippen LogP) is 1.24. The van der Waals surface area contributed by atoms with Crippen LogP contribution < -0.4 is 98.2 Å². The molecule has 8 bridgehead atoms. The highest BCUT2D eigenvalue weighted by atomic mass is 16.2. The molecule has 0 radical (unpaired) electrons. The van der Waals surface area contributed by atoms with E-state index in [2.05, 4.69) is 63.8 Å². The number of rotatable bonds is 28. The molecule has 3 heterocycles. The van der Waals surface area contributed by atoms with Gasteiger partial charge in [-0.25, -0.2) is 0 Å². The summed E-state index contributed by atoms with van der Waals surface area (Å²) in [5, 5.41) is 35.6. The minimum atomic E-state index is -1.34. The fraction of sp³-hybridized carbons (Fsp3) is 0.723. The Hall–Kier alpha value is -9.22. The molecule has 2 aromatic carbocycles. The van der Waals surface area contributed by atoms with Crippen LogP contribution in [0.5, 0.6) is 0 Å². The van der Waals surface area contributed by atoms with E-state index in [9.17, 15) is 19.2 Å². The van der Waals surface area contributed by atoms with Gasteiger partial charge in [-0.3, -0.25) is 67.1 Å². The van der Waals surface area contributed by atoms with E-state index in [-0.39, 0.29) is 197 Å². The SMILES string of the molecule is CC(C)C[C@@H]1NC(=O)[C@H](CCCN)NC(=O)[C@H](C(C)C)NC(=O)[C@H](CCCN)NC(=O)[C@@H]2CCCN2C(=O)[C@@H](Cc2ccccc2)NC(=O)[C@H](CCCN)NC(=O)[C@H](CC23CC4CC(CC(C4)C2)C3)NC(=O)[C@H](CCCN)NC(=O)[C@H](C23CC4CC(CC(C4)C2)C3)NC(=O)[C@H](CCCN)NC(=O)[C@@H]2CCCN2C(=O)[C@@H](Cc2ccccc2)NC(=O)[C@H](CCCN)NC1=O. The zero-order chi connectivity index (χ0) is 91.9. The van der Waals surface area contributed by atoms with Gasteiger partial charge in [0.15, 0.2) is 0 Å². The second kappa shape index (κ2) is 47.0.